The van der Waals surface area contributed by atoms with Gasteiger partial charge in [0.05, 0.1) is 8.07 Å². The zero-order chi connectivity index (χ0) is 36.4. The van der Waals surface area contributed by atoms with Crippen LogP contribution in [0.5, 0.6) is 0 Å². The summed E-state index contributed by atoms with van der Waals surface area (Å²) in [4.78, 5) is 9.10. The van der Waals surface area contributed by atoms with Gasteiger partial charge in [0, 0.05) is 32.5 Å². The summed E-state index contributed by atoms with van der Waals surface area (Å²) in [5.74, 6) is 0. The van der Waals surface area contributed by atoms with Crippen molar-refractivity contribution in [2.24, 2.45) is 0 Å². The zero-order valence-corrected chi connectivity index (χ0v) is 34.3. The van der Waals surface area contributed by atoms with Gasteiger partial charge in [-0.3, -0.25) is 0 Å². The molecule has 0 saturated heterocycles. The van der Waals surface area contributed by atoms with Crippen molar-refractivity contribution in [3.63, 3.8) is 0 Å². The van der Waals surface area contributed by atoms with E-state index >= 15 is 0 Å². The van der Waals surface area contributed by atoms with Crippen LogP contribution in [0.4, 0.5) is 0 Å². The third kappa shape index (κ3) is 7.74. The molecule has 9 rings (SSSR count). The Labute approximate surface area is 333 Å². The van der Waals surface area contributed by atoms with Crippen molar-refractivity contribution >= 4 is 45.6 Å². The predicted octanol–water partition coefficient (Wildman–Crippen LogP) is 12.7. The molecule has 0 unspecified atom stereocenters. The molecule has 265 valence electrons. The van der Waals surface area contributed by atoms with E-state index in [-0.39, 0.29) is 20.1 Å². The Hall–Kier alpha value is -5.51. The Balaban J connectivity index is 0.000000272. The van der Waals surface area contributed by atoms with E-state index in [4.69, 9.17) is 4.98 Å². The van der Waals surface area contributed by atoms with E-state index in [1.807, 2.05) is 30.3 Å². The van der Waals surface area contributed by atoms with Crippen LogP contribution >= 0.6 is 0 Å². The second-order valence-electron chi connectivity index (χ2n) is 14.6. The minimum Gasteiger partial charge on any atom is -0.305 e. The van der Waals surface area contributed by atoms with Crippen LogP contribution in [-0.2, 0) is 20.1 Å². The third-order valence-electron chi connectivity index (χ3n) is 9.90. The van der Waals surface area contributed by atoms with Crippen molar-refractivity contribution in [2.75, 3.05) is 0 Å². The molecular weight excluding hydrogens is 849 g/mol. The second kappa shape index (κ2) is 15.8. The molecule has 0 N–H and O–H groups in total. The van der Waals surface area contributed by atoms with E-state index in [0.717, 1.165) is 22.5 Å². The SMILES string of the molecule is C[Si](C)(C)c1ccc(-c2[c-]cc3c4ccc(-c5ccc(-c6ccccc6)cc5)cc4c4ccccc4c3c2)nc1.Cc1cc[c-]c(-c2ccccn2)c1.[Ir]. The van der Waals surface area contributed by atoms with Crippen LogP contribution in [0.2, 0.25) is 19.6 Å². The molecule has 0 atom stereocenters. The Morgan fingerprint density at radius 3 is 1.70 bits per heavy atom. The van der Waals surface area contributed by atoms with Gasteiger partial charge in [0.15, 0.2) is 0 Å². The van der Waals surface area contributed by atoms with Gasteiger partial charge in [-0.15, -0.1) is 59.2 Å². The quantitative estimate of drug-likeness (QED) is 0.0977. The molecule has 0 aliphatic carbocycles. The second-order valence-corrected chi connectivity index (χ2v) is 19.7. The Bertz CT molecular complexity index is 2660. The number of pyridine rings is 2. The molecule has 0 spiro atoms. The standard InChI is InChI=1S/C38H30NSi.C12H10N.Ir/c1-40(2,3)31-19-22-38(39-25-31)30-18-21-35-34-20-17-29(23-36(34)32-11-7-8-12-33(32)37(35)24-30)28-15-13-27(14-16-28)26-9-5-4-6-10-26;1-10-5-4-6-11(9-10)12-7-2-3-8-13-12;/h4-17,19-25H,1-3H3;2-5,7-9H,1H3;/q2*-1;. The van der Waals surface area contributed by atoms with Crippen LogP contribution < -0.4 is 5.19 Å². The van der Waals surface area contributed by atoms with Crippen molar-refractivity contribution in [3.8, 4) is 44.8 Å². The third-order valence-corrected chi connectivity index (χ3v) is 11.9. The summed E-state index contributed by atoms with van der Waals surface area (Å²) in [5.41, 5.74) is 10.2. The van der Waals surface area contributed by atoms with Crippen LogP contribution in [0, 0.1) is 19.1 Å². The van der Waals surface area contributed by atoms with Crippen molar-refractivity contribution in [1.29, 1.82) is 0 Å². The molecule has 1 radical (unpaired) electrons. The molecule has 2 nitrogen and oxygen atoms in total. The van der Waals surface area contributed by atoms with Gasteiger partial charge >= 0.3 is 0 Å². The minimum atomic E-state index is -1.39. The van der Waals surface area contributed by atoms with E-state index in [1.54, 1.807) is 6.20 Å². The maximum atomic E-state index is 4.84. The largest absolute Gasteiger partial charge is 0.305 e. The van der Waals surface area contributed by atoms with E-state index < -0.39 is 8.07 Å². The van der Waals surface area contributed by atoms with Gasteiger partial charge in [0.25, 0.3) is 0 Å². The van der Waals surface area contributed by atoms with Crippen molar-refractivity contribution < 1.29 is 20.1 Å². The number of aryl methyl sites for hydroxylation is 1. The maximum absolute atomic E-state index is 4.84. The average molecular weight is 889 g/mol. The van der Waals surface area contributed by atoms with Crippen LogP contribution in [0.25, 0.3) is 77.1 Å². The molecule has 0 amide bonds. The number of rotatable bonds is 5. The summed E-state index contributed by atoms with van der Waals surface area (Å²) in [5, 5.41) is 8.89. The fourth-order valence-electron chi connectivity index (χ4n) is 6.95. The van der Waals surface area contributed by atoms with E-state index in [0.29, 0.717) is 0 Å². The van der Waals surface area contributed by atoms with Crippen LogP contribution in [0.15, 0.2) is 170 Å². The summed E-state index contributed by atoms with van der Waals surface area (Å²) in [6, 6.07) is 62.6. The normalized spacial score (nSPS) is 11.2. The zero-order valence-electron chi connectivity index (χ0n) is 30.9. The first-order valence-corrected chi connectivity index (χ1v) is 21.6. The molecule has 0 fully saturated rings. The molecule has 0 aliphatic rings. The average Bonchev–Trinajstić information content (AvgIpc) is 3.21. The van der Waals surface area contributed by atoms with E-state index in [2.05, 4.69) is 177 Å². The predicted molar refractivity (Wildman–Crippen MR) is 228 cm³/mol. The van der Waals surface area contributed by atoms with Crippen LogP contribution in [0.3, 0.4) is 0 Å². The van der Waals surface area contributed by atoms with Gasteiger partial charge in [-0.25, -0.2) is 0 Å². The van der Waals surface area contributed by atoms with Gasteiger partial charge < -0.3 is 9.97 Å². The minimum absolute atomic E-state index is 0. The first kappa shape index (κ1) is 36.8. The molecule has 0 bridgehead atoms. The molecule has 0 aliphatic heterocycles. The summed E-state index contributed by atoms with van der Waals surface area (Å²) < 4.78 is 0. The molecular formula is C50H40IrN2Si-2. The number of hydrogen-bond acceptors (Lipinski definition) is 2. The molecule has 2 aromatic heterocycles. The molecule has 9 aromatic rings. The van der Waals surface area contributed by atoms with Gasteiger partial charge in [0.1, 0.15) is 0 Å². The summed E-state index contributed by atoms with van der Waals surface area (Å²) in [6.07, 6.45) is 3.86. The van der Waals surface area contributed by atoms with Crippen molar-refractivity contribution in [1.82, 2.24) is 9.97 Å². The van der Waals surface area contributed by atoms with Crippen LogP contribution in [0.1, 0.15) is 5.56 Å². The van der Waals surface area contributed by atoms with Gasteiger partial charge in [-0.1, -0.05) is 158 Å². The topological polar surface area (TPSA) is 25.8 Å². The summed E-state index contributed by atoms with van der Waals surface area (Å²) in [7, 11) is -1.39. The first-order valence-electron chi connectivity index (χ1n) is 18.1. The number of nitrogens with zero attached hydrogens (tertiary/aromatic N) is 2. The van der Waals surface area contributed by atoms with Gasteiger partial charge in [0.2, 0.25) is 0 Å². The molecule has 0 saturated carbocycles. The molecule has 54 heavy (non-hydrogen) atoms. The van der Waals surface area contributed by atoms with E-state index in [9.17, 15) is 0 Å². The first-order chi connectivity index (χ1) is 25.8. The number of benzene rings is 7. The van der Waals surface area contributed by atoms with Crippen LogP contribution in [-0.4, -0.2) is 18.0 Å². The molecule has 2 heterocycles. The Kier molecular flexibility index (Phi) is 10.8. The van der Waals surface area contributed by atoms with Gasteiger partial charge in [-0.2, -0.15) is 0 Å². The fraction of sp³-hybridized carbons (Fsp3) is 0.0800. The van der Waals surface area contributed by atoms with Gasteiger partial charge in [-0.05, 0) is 67.1 Å². The number of aromatic nitrogens is 2. The van der Waals surface area contributed by atoms with E-state index in [1.165, 1.54) is 65.3 Å². The number of hydrogen-bond donors (Lipinski definition) is 0. The Morgan fingerprint density at radius 2 is 1.06 bits per heavy atom. The fourth-order valence-corrected chi connectivity index (χ4v) is 7.99. The molecule has 7 aromatic carbocycles. The summed E-state index contributed by atoms with van der Waals surface area (Å²) >= 11 is 0. The van der Waals surface area contributed by atoms with Crippen molar-refractivity contribution in [3.05, 3.63) is 188 Å². The monoisotopic (exact) mass is 889 g/mol. The summed E-state index contributed by atoms with van der Waals surface area (Å²) in [6.45, 7) is 9.14. The number of fused-ring (bicyclic) bond motifs is 6. The Morgan fingerprint density at radius 1 is 0.463 bits per heavy atom. The smallest absolute Gasteiger partial charge is 0.0795 e. The molecule has 4 heteroatoms. The van der Waals surface area contributed by atoms with Crippen molar-refractivity contribution in [2.45, 2.75) is 26.6 Å². The maximum Gasteiger partial charge on any atom is 0.0795 e.